The standard InChI is InChI=1S/C26H29N5O4/c1-15-9-19(15)31-8-4-7-18(23(31)33)27-21(32)17-10-30-11-20(26-12-25(2,13-26)34-14-26)28-24(30)29-22(17)35-16-5-3-6-16/h4,7-8,10-11,15-16,19H,3,5-6,9,12-14H2,1-2H3,(H,27,32)/t15-,19+,25?,26?/m1/s1. The fourth-order valence-electron chi connectivity index (χ4n) is 5.95. The molecule has 3 aromatic heterocycles. The molecule has 0 spiro atoms. The van der Waals surface area contributed by atoms with Gasteiger partial charge in [-0.15, -0.1) is 0 Å². The molecule has 3 saturated carbocycles. The van der Waals surface area contributed by atoms with Gasteiger partial charge in [0.1, 0.15) is 17.4 Å². The topological polar surface area (TPSA) is 99.8 Å². The monoisotopic (exact) mass is 475 g/mol. The van der Waals surface area contributed by atoms with Gasteiger partial charge in [0.15, 0.2) is 0 Å². The van der Waals surface area contributed by atoms with Crippen LogP contribution in [0.1, 0.15) is 74.5 Å². The van der Waals surface area contributed by atoms with Gasteiger partial charge in [-0.2, -0.15) is 4.98 Å². The van der Waals surface area contributed by atoms with E-state index in [0.717, 1.165) is 44.2 Å². The van der Waals surface area contributed by atoms with E-state index in [1.807, 2.05) is 6.20 Å². The van der Waals surface area contributed by atoms with Gasteiger partial charge < -0.3 is 19.4 Å². The van der Waals surface area contributed by atoms with Gasteiger partial charge in [-0.3, -0.25) is 14.0 Å². The Hall–Kier alpha value is -3.20. The van der Waals surface area contributed by atoms with Crippen molar-refractivity contribution in [2.24, 2.45) is 5.92 Å². The van der Waals surface area contributed by atoms with Crippen LogP contribution in [0.4, 0.5) is 5.69 Å². The van der Waals surface area contributed by atoms with Gasteiger partial charge in [0.05, 0.1) is 17.9 Å². The summed E-state index contributed by atoms with van der Waals surface area (Å²) in [5.74, 6) is 0.829. The summed E-state index contributed by atoms with van der Waals surface area (Å²) in [6.45, 7) is 4.92. The highest BCUT2D eigenvalue weighted by Gasteiger charge is 2.61. The third kappa shape index (κ3) is 3.31. The molecule has 8 rings (SSSR count). The highest BCUT2D eigenvalue weighted by molar-refractivity contribution is 6.05. The lowest BCUT2D eigenvalue weighted by Gasteiger charge is -2.41. The number of carbonyl (C=O) groups is 1. The summed E-state index contributed by atoms with van der Waals surface area (Å²) in [4.78, 5) is 35.9. The van der Waals surface area contributed by atoms with Crippen molar-refractivity contribution in [3.05, 3.63) is 52.3 Å². The number of pyridine rings is 1. The molecule has 2 aliphatic heterocycles. The van der Waals surface area contributed by atoms with Crippen LogP contribution < -0.4 is 15.6 Å². The highest BCUT2D eigenvalue weighted by Crippen LogP contribution is 2.58. The molecule has 182 valence electrons. The fourth-order valence-corrected chi connectivity index (χ4v) is 5.95. The predicted octanol–water partition coefficient (Wildman–Crippen LogP) is 3.48. The van der Waals surface area contributed by atoms with Gasteiger partial charge in [-0.1, -0.05) is 6.92 Å². The van der Waals surface area contributed by atoms with Gasteiger partial charge >= 0.3 is 0 Å². The van der Waals surface area contributed by atoms with Crippen LogP contribution in [-0.2, 0) is 10.2 Å². The number of fused-ring (bicyclic) bond motifs is 2. The SMILES string of the molecule is C[C@@H]1C[C@@H]1n1cccc(NC(=O)c2cn3cc(C45COC(C)(C4)C5)nc3nc2OC2CCC2)c1=O. The van der Waals surface area contributed by atoms with Crippen LogP contribution in [-0.4, -0.2) is 43.2 Å². The third-order valence-corrected chi connectivity index (χ3v) is 8.30. The van der Waals surface area contributed by atoms with Crippen LogP contribution in [0.3, 0.4) is 0 Å². The number of nitrogens with one attached hydrogen (secondary N) is 1. The minimum atomic E-state index is -0.416. The molecule has 0 aromatic carbocycles. The second-order valence-electron chi connectivity index (χ2n) is 11.2. The first-order chi connectivity index (χ1) is 16.8. The van der Waals surface area contributed by atoms with Crippen molar-refractivity contribution in [2.75, 3.05) is 11.9 Å². The van der Waals surface area contributed by atoms with E-state index in [9.17, 15) is 9.59 Å². The first-order valence-electron chi connectivity index (χ1n) is 12.6. The Kier molecular flexibility index (Phi) is 4.32. The van der Waals surface area contributed by atoms with Crippen LogP contribution in [0, 0.1) is 5.92 Å². The van der Waals surface area contributed by atoms with Crippen LogP contribution in [0.5, 0.6) is 5.88 Å². The van der Waals surface area contributed by atoms with Crippen molar-refractivity contribution >= 4 is 17.4 Å². The molecule has 3 aromatic rings. The molecule has 3 aliphatic carbocycles. The first kappa shape index (κ1) is 21.1. The van der Waals surface area contributed by atoms with E-state index in [4.69, 9.17) is 14.5 Å². The van der Waals surface area contributed by atoms with Gasteiger partial charge in [0, 0.05) is 30.0 Å². The van der Waals surface area contributed by atoms with E-state index < -0.39 is 5.91 Å². The molecule has 9 nitrogen and oxygen atoms in total. The summed E-state index contributed by atoms with van der Waals surface area (Å²) in [5.41, 5.74) is 1.18. The molecule has 1 N–H and O–H groups in total. The molecule has 2 atom stereocenters. The summed E-state index contributed by atoms with van der Waals surface area (Å²) >= 11 is 0. The van der Waals surface area contributed by atoms with Crippen molar-refractivity contribution in [3.63, 3.8) is 0 Å². The molecular formula is C26H29N5O4. The molecule has 9 heteroatoms. The van der Waals surface area contributed by atoms with Gasteiger partial charge in [0.2, 0.25) is 11.7 Å². The van der Waals surface area contributed by atoms with Crippen molar-refractivity contribution in [2.45, 2.75) is 75.5 Å². The molecule has 0 unspecified atom stereocenters. The van der Waals surface area contributed by atoms with E-state index in [1.165, 1.54) is 0 Å². The Morgan fingerprint density at radius 1 is 1.26 bits per heavy atom. The Morgan fingerprint density at radius 2 is 2.06 bits per heavy atom. The van der Waals surface area contributed by atoms with E-state index in [0.29, 0.717) is 23.9 Å². The Labute approximate surface area is 202 Å². The Balaban J connectivity index is 1.23. The van der Waals surface area contributed by atoms with Crippen molar-refractivity contribution < 1.29 is 14.3 Å². The lowest BCUT2D eigenvalue weighted by atomic mass is 9.62. The zero-order valence-corrected chi connectivity index (χ0v) is 20.0. The normalized spacial score (nSPS) is 31.1. The van der Waals surface area contributed by atoms with E-state index in [2.05, 4.69) is 24.1 Å². The molecule has 1 amide bonds. The number of hydrogen-bond acceptors (Lipinski definition) is 6. The summed E-state index contributed by atoms with van der Waals surface area (Å²) < 4.78 is 15.6. The fraction of sp³-hybridized carbons (Fsp3) is 0.538. The molecule has 5 heterocycles. The average molecular weight is 476 g/mol. The van der Waals surface area contributed by atoms with Crippen LogP contribution in [0.15, 0.2) is 35.5 Å². The zero-order valence-electron chi connectivity index (χ0n) is 20.0. The van der Waals surface area contributed by atoms with Crippen LogP contribution in [0.2, 0.25) is 0 Å². The maximum Gasteiger partial charge on any atom is 0.274 e. The molecule has 5 fully saturated rings. The van der Waals surface area contributed by atoms with Crippen molar-refractivity contribution in [3.8, 4) is 5.88 Å². The summed E-state index contributed by atoms with van der Waals surface area (Å²) in [6, 6.07) is 3.64. The maximum absolute atomic E-state index is 13.4. The molecule has 5 aliphatic rings. The predicted molar refractivity (Wildman–Crippen MR) is 128 cm³/mol. The van der Waals surface area contributed by atoms with Crippen molar-refractivity contribution in [1.82, 2.24) is 18.9 Å². The van der Waals surface area contributed by atoms with Gasteiger partial charge in [0.25, 0.3) is 11.5 Å². The van der Waals surface area contributed by atoms with Gasteiger partial charge in [-0.25, -0.2) is 4.98 Å². The van der Waals surface area contributed by atoms with Gasteiger partial charge in [-0.05, 0) is 63.5 Å². The minimum Gasteiger partial charge on any atom is -0.474 e. The maximum atomic E-state index is 13.4. The molecule has 35 heavy (non-hydrogen) atoms. The number of carbonyl (C=O) groups excluding carboxylic acids is 1. The molecule has 2 bridgehead atoms. The van der Waals surface area contributed by atoms with E-state index in [-0.39, 0.29) is 40.3 Å². The number of anilines is 1. The summed E-state index contributed by atoms with van der Waals surface area (Å²) in [7, 11) is 0. The van der Waals surface area contributed by atoms with E-state index >= 15 is 0 Å². The number of imidazole rings is 1. The van der Waals surface area contributed by atoms with Crippen LogP contribution in [0.25, 0.3) is 5.78 Å². The summed E-state index contributed by atoms with van der Waals surface area (Å²) in [5, 5.41) is 2.81. The van der Waals surface area contributed by atoms with Crippen LogP contribution >= 0.6 is 0 Å². The number of aromatic nitrogens is 4. The van der Waals surface area contributed by atoms with Crippen molar-refractivity contribution in [1.29, 1.82) is 0 Å². The molecule has 0 radical (unpaired) electrons. The third-order valence-electron chi connectivity index (χ3n) is 8.30. The lowest BCUT2D eigenvalue weighted by Crippen LogP contribution is -2.45. The Bertz CT molecular complexity index is 1410. The largest absolute Gasteiger partial charge is 0.474 e. The minimum absolute atomic E-state index is 0.0467. The highest BCUT2D eigenvalue weighted by atomic mass is 16.5. The Morgan fingerprint density at radius 3 is 2.71 bits per heavy atom. The molecule has 2 saturated heterocycles. The average Bonchev–Trinajstić information content (AvgIpc) is 3.10. The number of ether oxygens (including phenoxy) is 2. The zero-order chi connectivity index (χ0) is 23.9. The first-order valence-corrected chi connectivity index (χ1v) is 12.6. The number of rotatable bonds is 6. The molecular weight excluding hydrogens is 446 g/mol. The smallest absolute Gasteiger partial charge is 0.274 e. The summed E-state index contributed by atoms with van der Waals surface area (Å²) in [6.07, 6.45) is 11.4. The lowest BCUT2D eigenvalue weighted by molar-refractivity contribution is 0.0154. The second-order valence-corrected chi connectivity index (χ2v) is 11.2. The number of amides is 1. The number of nitrogens with zero attached hydrogens (tertiary/aromatic N) is 4. The van der Waals surface area contributed by atoms with E-state index in [1.54, 1.807) is 33.5 Å². The number of hydrogen-bond donors (Lipinski definition) is 1. The second kappa shape index (κ2) is 7.16. The quantitative estimate of drug-likeness (QED) is 0.586.